The Labute approximate surface area is 125 Å². The lowest BCUT2D eigenvalue weighted by molar-refractivity contribution is 0.722. The van der Waals surface area contributed by atoms with Gasteiger partial charge in [0.2, 0.25) is 0 Å². The average molecular weight is 371 g/mol. The Bertz CT molecular complexity index is 589. The van der Waals surface area contributed by atoms with Crippen molar-refractivity contribution in [2.24, 2.45) is 0 Å². The maximum absolute atomic E-state index is 6.17. The maximum atomic E-state index is 6.17. The zero-order valence-corrected chi connectivity index (χ0v) is 12.9. The zero-order valence-electron chi connectivity index (χ0n) is 9.95. The van der Waals surface area contributed by atoms with Crippen LogP contribution in [0, 0.1) is 10.5 Å². The molecule has 0 amide bonds. The van der Waals surface area contributed by atoms with Crippen LogP contribution >= 0.6 is 34.2 Å². The minimum atomic E-state index is 0.300. The lowest BCUT2D eigenvalue weighted by atomic mass is 10.0. The maximum Gasteiger partial charge on any atom is 0.146 e. The van der Waals surface area contributed by atoms with Gasteiger partial charge in [-0.05, 0) is 53.5 Å². The number of hydrogen-bond acceptors (Lipinski definition) is 2. The molecular weight excluding hydrogens is 359 g/mol. The predicted octanol–water partition coefficient (Wildman–Crippen LogP) is 4.12. The van der Waals surface area contributed by atoms with Crippen molar-refractivity contribution in [3.63, 3.8) is 0 Å². The summed E-state index contributed by atoms with van der Waals surface area (Å²) < 4.78 is 0.948. The fourth-order valence-electron chi connectivity index (χ4n) is 2.53. The SMILES string of the molecule is Cc1nc(C2CCc3ccccc32)nc(Cl)c1I. The molecule has 0 N–H and O–H groups in total. The minimum absolute atomic E-state index is 0.300. The van der Waals surface area contributed by atoms with Crippen molar-refractivity contribution in [2.75, 3.05) is 0 Å². The summed E-state index contributed by atoms with van der Waals surface area (Å²) in [4.78, 5) is 9.07. The second-order valence-electron chi connectivity index (χ2n) is 4.56. The van der Waals surface area contributed by atoms with E-state index in [1.807, 2.05) is 6.92 Å². The topological polar surface area (TPSA) is 25.8 Å². The molecule has 4 heteroatoms. The van der Waals surface area contributed by atoms with E-state index in [0.717, 1.165) is 27.9 Å². The van der Waals surface area contributed by atoms with Crippen molar-refractivity contribution in [2.45, 2.75) is 25.7 Å². The van der Waals surface area contributed by atoms with Crippen LogP contribution in [-0.4, -0.2) is 9.97 Å². The number of aryl methyl sites for hydroxylation is 2. The van der Waals surface area contributed by atoms with E-state index in [9.17, 15) is 0 Å². The van der Waals surface area contributed by atoms with Crippen molar-refractivity contribution < 1.29 is 0 Å². The quantitative estimate of drug-likeness (QED) is 0.557. The number of rotatable bonds is 1. The largest absolute Gasteiger partial charge is 0.236 e. The van der Waals surface area contributed by atoms with E-state index in [1.54, 1.807) is 0 Å². The Hall–Kier alpha value is -0.680. The Morgan fingerprint density at radius 3 is 2.83 bits per heavy atom. The third-order valence-corrected chi connectivity index (χ3v) is 5.32. The minimum Gasteiger partial charge on any atom is -0.236 e. The first-order valence-corrected chi connectivity index (χ1v) is 7.40. The van der Waals surface area contributed by atoms with Gasteiger partial charge in [0.1, 0.15) is 11.0 Å². The van der Waals surface area contributed by atoms with Gasteiger partial charge in [-0.3, -0.25) is 0 Å². The van der Waals surface area contributed by atoms with Crippen molar-refractivity contribution in [1.82, 2.24) is 9.97 Å². The molecule has 0 fully saturated rings. The third-order valence-electron chi connectivity index (χ3n) is 3.44. The van der Waals surface area contributed by atoms with Gasteiger partial charge in [0, 0.05) is 5.92 Å². The van der Waals surface area contributed by atoms with Crippen LogP contribution in [0.25, 0.3) is 0 Å². The van der Waals surface area contributed by atoms with Crippen LogP contribution in [0.1, 0.15) is 35.0 Å². The molecule has 18 heavy (non-hydrogen) atoms. The van der Waals surface area contributed by atoms with Gasteiger partial charge in [-0.15, -0.1) is 0 Å². The summed E-state index contributed by atoms with van der Waals surface area (Å²) >= 11 is 8.36. The molecular formula is C14H12ClIN2. The second-order valence-corrected chi connectivity index (χ2v) is 6.00. The summed E-state index contributed by atoms with van der Waals surface area (Å²) in [5.41, 5.74) is 3.74. The number of fused-ring (bicyclic) bond motifs is 1. The van der Waals surface area contributed by atoms with Gasteiger partial charge < -0.3 is 0 Å². The summed E-state index contributed by atoms with van der Waals surface area (Å²) in [5, 5.41) is 0.572. The van der Waals surface area contributed by atoms with E-state index >= 15 is 0 Å². The molecule has 0 aliphatic heterocycles. The molecule has 1 atom stereocenters. The molecule has 0 saturated carbocycles. The van der Waals surface area contributed by atoms with Crippen LogP contribution in [0.3, 0.4) is 0 Å². The monoisotopic (exact) mass is 370 g/mol. The molecule has 1 aliphatic carbocycles. The van der Waals surface area contributed by atoms with E-state index in [4.69, 9.17) is 11.6 Å². The lowest BCUT2D eigenvalue weighted by Crippen LogP contribution is -2.06. The van der Waals surface area contributed by atoms with Crippen LogP contribution in [0.15, 0.2) is 24.3 Å². The molecule has 0 saturated heterocycles. The van der Waals surface area contributed by atoms with Crippen LogP contribution < -0.4 is 0 Å². The second kappa shape index (κ2) is 4.78. The van der Waals surface area contributed by atoms with Crippen LogP contribution in [0.2, 0.25) is 5.15 Å². The average Bonchev–Trinajstić information content (AvgIpc) is 2.79. The van der Waals surface area contributed by atoms with Gasteiger partial charge in [0.05, 0.1) is 9.26 Å². The Balaban J connectivity index is 2.08. The highest BCUT2D eigenvalue weighted by Crippen LogP contribution is 2.37. The molecule has 92 valence electrons. The van der Waals surface area contributed by atoms with Gasteiger partial charge in [-0.1, -0.05) is 35.9 Å². The highest BCUT2D eigenvalue weighted by Gasteiger charge is 2.26. The van der Waals surface area contributed by atoms with Gasteiger partial charge in [0.25, 0.3) is 0 Å². The molecule has 1 unspecified atom stereocenters. The van der Waals surface area contributed by atoms with E-state index in [0.29, 0.717) is 11.1 Å². The van der Waals surface area contributed by atoms with Crippen molar-refractivity contribution in [3.05, 3.63) is 55.6 Å². The Morgan fingerprint density at radius 2 is 2.06 bits per heavy atom. The number of halogens is 2. The normalized spacial score (nSPS) is 17.8. The van der Waals surface area contributed by atoms with Gasteiger partial charge >= 0.3 is 0 Å². The predicted molar refractivity (Wildman–Crippen MR) is 81.1 cm³/mol. The van der Waals surface area contributed by atoms with Crippen molar-refractivity contribution in [3.8, 4) is 0 Å². The number of aromatic nitrogens is 2. The number of hydrogen-bond donors (Lipinski definition) is 0. The summed E-state index contributed by atoms with van der Waals surface area (Å²) in [7, 11) is 0. The highest BCUT2D eigenvalue weighted by atomic mass is 127. The first-order valence-electron chi connectivity index (χ1n) is 5.94. The van der Waals surface area contributed by atoms with E-state index < -0.39 is 0 Å². The van der Waals surface area contributed by atoms with Crippen LogP contribution in [0.4, 0.5) is 0 Å². The van der Waals surface area contributed by atoms with Gasteiger partial charge in [0.15, 0.2) is 0 Å². The first-order chi connectivity index (χ1) is 8.66. The van der Waals surface area contributed by atoms with Gasteiger partial charge in [-0.2, -0.15) is 0 Å². The van der Waals surface area contributed by atoms with Gasteiger partial charge in [-0.25, -0.2) is 9.97 Å². The molecule has 1 aromatic heterocycles. The van der Waals surface area contributed by atoms with Crippen LogP contribution in [-0.2, 0) is 6.42 Å². The molecule has 3 rings (SSSR count). The fourth-order valence-corrected chi connectivity index (χ4v) is 2.99. The summed E-state index contributed by atoms with van der Waals surface area (Å²) in [6.07, 6.45) is 2.18. The first kappa shape index (κ1) is 12.4. The summed E-state index contributed by atoms with van der Waals surface area (Å²) in [6.45, 7) is 1.99. The molecule has 0 bridgehead atoms. The fraction of sp³-hybridized carbons (Fsp3) is 0.286. The smallest absolute Gasteiger partial charge is 0.146 e. The van der Waals surface area contributed by atoms with Crippen LogP contribution in [0.5, 0.6) is 0 Å². The molecule has 0 spiro atoms. The Kier molecular flexibility index (Phi) is 3.28. The molecule has 1 aliphatic rings. The van der Waals surface area contributed by atoms with E-state index in [2.05, 4.69) is 56.8 Å². The Morgan fingerprint density at radius 1 is 1.28 bits per heavy atom. The zero-order chi connectivity index (χ0) is 12.7. The summed E-state index contributed by atoms with van der Waals surface area (Å²) in [6, 6.07) is 8.54. The number of benzene rings is 1. The molecule has 1 heterocycles. The van der Waals surface area contributed by atoms with E-state index in [1.165, 1.54) is 11.1 Å². The van der Waals surface area contributed by atoms with E-state index in [-0.39, 0.29) is 0 Å². The molecule has 0 radical (unpaired) electrons. The molecule has 1 aromatic carbocycles. The van der Waals surface area contributed by atoms with Crippen molar-refractivity contribution >= 4 is 34.2 Å². The third kappa shape index (κ3) is 2.03. The number of nitrogens with zero attached hydrogens (tertiary/aromatic N) is 2. The highest BCUT2D eigenvalue weighted by molar-refractivity contribution is 14.1. The molecule has 2 nitrogen and oxygen atoms in total. The van der Waals surface area contributed by atoms with Crippen molar-refractivity contribution in [1.29, 1.82) is 0 Å². The lowest BCUT2D eigenvalue weighted by Gasteiger charge is -2.12. The molecule has 2 aromatic rings. The summed E-state index contributed by atoms with van der Waals surface area (Å²) in [5.74, 6) is 1.16. The standard InChI is InChI=1S/C14H12ClIN2/c1-8-12(16)13(15)18-14(17-8)11-7-6-9-4-2-3-5-10(9)11/h2-5,11H,6-7H2,1H3.